The molecule has 1 heterocycles. The van der Waals surface area contributed by atoms with Crippen molar-refractivity contribution in [1.29, 1.82) is 0 Å². The molecule has 3 fully saturated rings. The van der Waals surface area contributed by atoms with Crippen LogP contribution in [0.5, 0.6) is 0 Å². The predicted octanol–water partition coefficient (Wildman–Crippen LogP) is 3.81. The van der Waals surface area contributed by atoms with Crippen molar-refractivity contribution >= 4 is 0 Å². The van der Waals surface area contributed by atoms with Crippen LogP contribution in [0.2, 0.25) is 0 Å². The van der Waals surface area contributed by atoms with Gasteiger partial charge in [0.1, 0.15) is 0 Å². The topological polar surface area (TPSA) is 9.23 Å². The number of rotatable bonds is 0. The third-order valence-corrected chi connectivity index (χ3v) is 4.61. The van der Waals surface area contributed by atoms with E-state index in [9.17, 15) is 0 Å². The third-order valence-electron chi connectivity index (χ3n) is 4.61. The van der Waals surface area contributed by atoms with E-state index in [2.05, 4.69) is 0 Å². The van der Waals surface area contributed by atoms with Crippen molar-refractivity contribution in [2.75, 3.05) is 0 Å². The molecule has 3 rings (SSSR count). The molecular formula is C13H22O. The number of ether oxygens (including phenoxy) is 1. The molecule has 1 aliphatic heterocycles. The Balaban J connectivity index is 1.62. The van der Waals surface area contributed by atoms with E-state index in [1.807, 2.05) is 0 Å². The van der Waals surface area contributed by atoms with Gasteiger partial charge in [-0.25, -0.2) is 0 Å². The Kier molecular flexibility index (Phi) is 2.12. The summed E-state index contributed by atoms with van der Waals surface area (Å²) in [5.74, 6) is 0. The van der Waals surface area contributed by atoms with Gasteiger partial charge in [-0.2, -0.15) is 0 Å². The summed E-state index contributed by atoms with van der Waals surface area (Å²) in [5.41, 5.74) is 0.741. The Morgan fingerprint density at radius 2 is 0.929 bits per heavy atom. The fraction of sp³-hybridized carbons (Fsp3) is 1.00. The molecule has 0 aromatic heterocycles. The second-order valence-corrected chi connectivity index (χ2v) is 5.77. The van der Waals surface area contributed by atoms with Crippen molar-refractivity contribution in [3.8, 4) is 0 Å². The van der Waals surface area contributed by atoms with Crippen LogP contribution >= 0.6 is 0 Å². The van der Waals surface area contributed by atoms with Crippen LogP contribution in [-0.4, -0.2) is 11.2 Å². The molecule has 0 atom stereocenters. The van der Waals surface area contributed by atoms with Gasteiger partial charge in [0.05, 0.1) is 11.2 Å². The Labute approximate surface area is 87.2 Å². The van der Waals surface area contributed by atoms with Crippen LogP contribution in [0.1, 0.15) is 70.6 Å². The van der Waals surface area contributed by atoms with Crippen LogP contribution in [0.25, 0.3) is 0 Å². The second-order valence-electron chi connectivity index (χ2n) is 5.77. The summed E-state index contributed by atoms with van der Waals surface area (Å²) in [4.78, 5) is 0. The molecule has 0 radical (unpaired) electrons. The van der Waals surface area contributed by atoms with E-state index in [4.69, 9.17) is 4.74 Å². The fourth-order valence-electron chi connectivity index (χ4n) is 3.99. The van der Waals surface area contributed by atoms with Crippen LogP contribution in [0.15, 0.2) is 0 Å². The summed E-state index contributed by atoms with van der Waals surface area (Å²) in [6, 6.07) is 0. The van der Waals surface area contributed by atoms with Gasteiger partial charge >= 0.3 is 0 Å². The zero-order valence-electron chi connectivity index (χ0n) is 9.19. The van der Waals surface area contributed by atoms with Crippen molar-refractivity contribution in [3.63, 3.8) is 0 Å². The third kappa shape index (κ3) is 1.41. The van der Waals surface area contributed by atoms with Gasteiger partial charge < -0.3 is 4.74 Å². The standard InChI is InChI=1S/C13H22O/c1-3-7-12(8-4-1)11-13(14-12)9-5-2-6-10-13/h1-11H2. The predicted molar refractivity (Wildman–Crippen MR) is 57.3 cm³/mol. The fourth-order valence-corrected chi connectivity index (χ4v) is 3.99. The second kappa shape index (κ2) is 3.23. The van der Waals surface area contributed by atoms with E-state index in [1.54, 1.807) is 0 Å². The molecule has 1 saturated heterocycles. The molecule has 0 amide bonds. The molecule has 3 aliphatic rings. The van der Waals surface area contributed by atoms with Crippen LogP contribution in [0.4, 0.5) is 0 Å². The van der Waals surface area contributed by atoms with E-state index >= 15 is 0 Å². The average molecular weight is 194 g/mol. The molecule has 0 aromatic rings. The van der Waals surface area contributed by atoms with Crippen LogP contribution < -0.4 is 0 Å². The first-order valence-corrected chi connectivity index (χ1v) is 6.53. The highest BCUT2D eigenvalue weighted by Gasteiger charge is 2.55. The molecule has 0 aromatic carbocycles. The van der Waals surface area contributed by atoms with E-state index in [0.29, 0.717) is 11.2 Å². The summed E-state index contributed by atoms with van der Waals surface area (Å²) in [6.07, 6.45) is 15.4. The number of hydrogen-bond donors (Lipinski definition) is 0. The Bertz CT molecular complexity index is 177. The maximum absolute atomic E-state index is 6.40. The summed E-state index contributed by atoms with van der Waals surface area (Å²) in [5, 5.41) is 0. The maximum Gasteiger partial charge on any atom is 0.0717 e. The SMILES string of the molecule is C1CCC2(CC1)CC1(CCCCC1)O2. The summed E-state index contributed by atoms with van der Waals surface area (Å²) in [7, 11) is 0. The minimum atomic E-state index is 0.371. The van der Waals surface area contributed by atoms with Crippen molar-refractivity contribution in [1.82, 2.24) is 0 Å². The van der Waals surface area contributed by atoms with Crippen molar-refractivity contribution in [2.45, 2.75) is 81.8 Å². The van der Waals surface area contributed by atoms with Gasteiger partial charge in [0.2, 0.25) is 0 Å². The average Bonchev–Trinajstić information content (AvgIpc) is 2.18. The zero-order chi connectivity index (χ0) is 9.49. The molecule has 2 spiro atoms. The quantitative estimate of drug-likeness (QED) is 0.569. The van der Waals surface area contributed by atoms with Gasteiger partial charge in [0, 0.05) is 6.42 Å². The van der Waals surface area contributed by atoms with Crippen molar-refractivity contribution in [2.24, 2.45) is 0 Å². The van der Waals surface area contributed by atoms with Crippen LogP contribution in [0, 0.1) is 0 Å². The highest BCUT2D eigenvalue weighted by atomic mass is 16.6. The normalized spacial score (nSPS) is 34.3. The largest absolute Gasteiger partial charge is 0.368 e. The van der Waals surface area contributed by atoms with E-state index in [-0.39, 0.29) is 0 Å². The van der Waals surface area contributed by atoms with Gasteiger partial charge in [-0.1, -0.05) is 38.5 Å². The van der Waals surface area contributed by atoms with Crippen LogP contribution in [0.3, 0.4) is 0 Å². The maximum atomic E-state index is 6.40. The van der Waals surface area contributed by atoms with E-state index in [0.717, 1.165) is 0 Å². The zero-order valence-corrected chi connectivity index (χ0v) is 9.19. The molecule has 80 valence electrons. The van der Waals surface area contributed by atoms with E-state index < -0.39 is 0 Å². The van der Waals surface area contributed by atoms with E-state index in [1.165, 1.54) is 70.6 Å². The van der Waals surface area contributed by atoms with Crippen LogP contribution in [-0.2, 0) is 4.74 Å². The van der Waals surface area contributed by atoms with Gasteiger partial charge in [-0.3, -0.25) is 0 Å². The minimum absolute atomic E-state index is 0.371. The first kappa shape index (κ1) is 9.21. The van der Waals surface area contributed by atoms with Crippen molar-refractivity contribution in [3.05, 3.63) is 0 Å². The molecule has 0 unspecified atom stereocenters. The lowest BCUT2D eigenvalue weighted by molar-refractivity contribution is -0.294. The number of hydrogen-bond acceptors (Lipinski definition) is 1. The van der Waals surface area contributed by atoms with Gasteiger partial charge in [0.15, 0.2) is 0 Å². The van der Waals surface area contributed by atoms with Gasteiger partial charge in [-0.15, -0.1) is 0 Å². The monoisotopic (exact) mass is 194 g/mol. The first-order valence-electron chi connectivity index (χ1n) is 6.53. The Morgan fingerprint density at radius 3 is 1.29 bits per heavy atom. The lowest BCUT2D eigenvalue weighted by Gasteiger charge is -2.59. The molecule has 1 nitrogen and oxygen atoms in total. The Morgan fingerprint density at radius 1 is 0.571 bits per heavy atom. The molecule has 1 heteroatoms. The minimum Gasteiger partial charge on any atom is -0.368 e. The smallest absolute Gasteiger partial charge is 0.0717 e. The highest BCUT2D eigenvalue weighted by molar-refractivity contribution is 5.05. The molecule has 14 heavy (non-hydrogen) atoms. The molecule has 2 saturated carbocycles. The summed E-state index contributed by atoms with van der Waals surface area (Å²) in [6.45, 7) is 0. The molecule has 0 bridgehead atoms. The van der Waals surface area contributed by atoms with Crippen molar-refractivity contribution < 1.29 is 4.74 Å². The molecule has 2 aliphatic carbocycles. The van der Waals surface area contributed by atoms with Gasteiger partial charge in [-0.05, 0) is 25.7 Å². The van der Waals surface area contributed by atoms with Gasteiger partial charge in [0.25, 0.3) is 0 Å². The lowest BCUT2D eigenvalue weighted by atomic mass is 9.66. The molecular weight excluding hydrogens is 172 g/mol. The Hall–Kier alpha value is -0.0400. The first-order chi connectivity index (χ1) is 6.83. The molecule has 0 N–H and O–H groups in total. The lowest BCUT2D eigenvalue weighted by Crippen LogP contribution is -2.60. The highest BCUT2D eigenvalue weighted by Crippen LogP contribution is 2.55. The summed E-state index contributed by atoms with van der Waals surface area (Å²) >= 11 is 0. The summed E-state index contributed by atoms with van der Waals surface area (Å²) < 4.78 is 6.40.